The van der Waals surface area contributed by atoms with Crippen LogP contribution in [0.25, 0.3) is 109 Å². The van der Waals surface area contributed by atoms with Gasteiger partial charge in [0.2, 0.25) is 0 Å². The van der Waals surface area contributed by atoms with Gasteiger partial charge in [-0.25, -0.2) is 0 Å². The SMILES string of the molecule is Bc1c(B)c(-c2c(B)c(B)c3c(B)c(B)c4c(B)c(B)c(B)c(B)c4c3c2B)c(B)c(-c2c3c(B)c(B)c(B)c(B)c3c(-c3c(B)c(B)c4oc5c6c(B)c(B)c(B)c(B)c6c(B)c(B)c5c4c3B)c3c(B)c(B)c(B)c(B)c23)c1B. The number of hydrogen-bond acceptors (Lipinski definition) is 1. The van der Waals surface area contributed by atoms with Crippen molar-refractivity contribution in [1.82, 2.24) is 0 Å². The summed E-state index contributed by atoms with van der Waals surface area (Å²) >= 11 is 0. The molecule has 1 heterocycles. The Morgan fingerprint density at radius 2 is 0.296 bits per heavy atom. The van der Waals surface area contributed by atoms with Crippen LogP contribution >= 0.6 is 0 Å². The normalized spacial score (nSPS) is 12.0. The van der Waals surface area contributed by atoms with Crippen LogP contribution < -0.4 is 164 Å². The van der Waals surface area contributed by atoms with Crippen molar-refractivity contribution in [3.8, 4) is 33.4 Å². The van der Waals surface area contributed by atoms with E-state index in [1.807, 2.05) is 0 Å². The number of furan rings is 1. The zero-order valence-corrected chi connectivity index (χ0v) is 55.4. The Labute approximate surface area is 509 Å². The second kappa shape index (κ2) is 19.4. The van der Waals surface area contributed by atoms with Gasteiger partial charge in [0.05, 0.1) is 0 Å². The zero-order valence-electron chi connectivity index (χ0n) is 55.4. The molecular formula is C50H60B30O. The molecule has 0 N–H and O–H groups in total. The Morgan fingerprint density at radius 3 is 0.691 bits per heavy atom. The molecule has 81 heavy (non-hydrogen) atoms. The highest BCUT2D eigenvalue weighted by atomic mass is 16.3. The van der Waals surface area contributed by atoms with E-state index in [4.69, 9.17) is 4.42 Å². The predicted octanol–water partition coefficient (Wildman–Crippen LogP) is -37.9. The molecule has 11 aromatic rings. The summed E-state index contributed by atoms with van der Waals surface area (Å²) in [4.78, 5) is 0. The lowest BCUT2D eigenvalue weighted by Crippen LogP contribution is -2.52. The standard InChI is InChI=1S/C50H60B30O/c51-19-7-8-12(33(65)45(77)44(76)26(8)58)29(61)27(59)11(7)28(60)30(62)13(19)14-20(52)9(32(64)39(71)34(14)66)1-3-5(24(56)42(74)40(72)22(3)54)2(6-4(1)23(55)41(73)43(75)25(6)57)10-21(53)17-18-37(69)31(63)15-16(38(70)47(79)46(78)35(15)67)49(18)81-50(17)48(80)36(10)68/h51-80H2. The van der Waals surface area contributed by atoms with Crippen LogP contribution in [0.2, 0.25) is 0 Å². The average Bonchev–Trinajstić information content (AvgIpc) is 2.58. The lowest BCUT2D eigenvalue weighted by molar-refractivity contribution is 0.676. The summed E-state index contributed by atoms with van der Waals surface area (Å²) in [6.45, 7) is 0. The molecule has 356 valence electrons. The van der Waals surface area contributed by atoms with Crippen LogP contribution in [-0.4, -0.2) is 235 Å². The highest BCUT2D eigenvalue weighted by molar-refractivity contribution is 6.79. The first-order valence-corrected chi connectivity index (χ1v) is 30.2. The van der Waals surface area contributed by atoms with E-state index >= 15 is 0 Å². The maximum Gasteiger partial charge on any atom is 0.143 e. The molecule has 0 aliphatic rings. The lowest BCUT2D eigenvalue weighted by atomic mass is 9.55. The molecule has 1 aromatic heterocycles. The van der Waals surface area contributed by atoms with E-state index in [0.717, 1.165) is 11.2 Å². The smallest absolute Gasteiger partial charge is 0.143 e. The molecule has 11 rings (SSSR count). The summed E-state index contributed by atoms with van der Waals surface area (Å²) in [5.41, 5.74) is 51.5. The van der Waals surface area contributed by atoms with E-state index in [1.54, 1.807) is 0 Å². The Balaban J connectivity index is 1.38. The van der Waals surface area contributed by atoms with Gasteiger partial charge in [-0.2, -0.15) is 0 Å². The van der Waals surface area contributed by atoms with Gasteiger partial charge in [0.15, 0.2) is 0 Å². The van der Waals surface area contributed by atoms with E-state index < -0.39 is 0 Å². The molecule has 0 amide bonds. The van der Waals surface area contributed by atoms with Crippen molar-refractivity contribution >= 4 is 475 Å². The second-order valence-electron chi connectivity index (χ2n) is 26.3. The van der Waals surface area contributed by atoms with Gasteiger partial charge in [-0.3, -0.25) is 0 Å². The highest BCUT2D eigenvalue weighted by Gasteiger charge is 2.32. The number of rotatable bonds is 3. The van der Waals surface area contributed by atoms with Crippen LogP contribution in [0.5, 0.6) is 0 Å². The monoisotopic (exact) mass is 1010 g/mol. The fourth-order valence-corrected chi connectivity index (χ4v) is 16.7. The third-order valence-corrected chi connectivity index (χ3v) is 23.5. The van der Waals surface area contributed by atoms with Gasteiger partial charge in [-0.05, 0) is 81.9 Å². The molecule has 0 saturated heterocycles. The molecule has 31 heteroatoms. The van der Waals surface area contributed by atoms with Crippen LogP contribution in [0, 0.1) is 0 Å². The molecule has 0 aliphatic heterocycles. The third-order valence-electron chi connectivity index (χ3n) is 23.5. The minimum atomic E-state index is 1.02. The van der Waals surface area contributed by atoms with Gasteiger partial charge in [-0.1, -0.05) is 115 Å². The van der Waals surface area contributed by atoms with Crippen molar-refractivity contribution in [2.75, 3.05) is 0 Å². The van der Waals surface area contributed by atoms with Crippen molar-refractivity contribution in [3.63, 3.8) is 0 Å². The van der Waals surface area contributed by atoms with Gasteiger partial charge in [0.1, 0.15) is 247 Å². The van der Waals surface area contributed by atoms with Crippen molar-refractivity contribution in [2.45, 2.75) is 0 Å². The van der Waals surface area contributed by atoms with Crippen LogP contribution in [0.1, 0.15) is 0 Å². The summed E-state index contributed by atoms with van der Waals surface area (Å²) < 4.78 is 7.42. The van der Waals surface area contributed by atoms with Crippen LogP contribution in [0.4, 0.5) is 0 Å². The summed E-state index contributed by atoms with van der Waals surface area (Å²) in [5, 5.41) is 16.5. The molecule has 0 spiro atoms. The minimum Gasteiger partial charge on any atom is -0.456 e. The van der Waals surface area contributed by atoms with Gasteiger partial charge >= 0.3 is 0 Å². The molecule has 0 radical (unpaired) electrons. The number of fused-ring (bicyclic) bond motifs is 10. The molecule has 0 aliphatic carbocycles. The molecule has 10 aromatic carbocycles. The maximum absolute atomic E-state index is 7.42. The van der Waals surface area contributed by atoms with E-state index in [9.17, 15) is 0 Å². The van der Waals surface area contributed by atoms with Gasteiger partial charge in [-0.15, -0.1) is 49.2 Å². The quantitative estimate of drug-likeness (QED) is 0.0977. The first-order chi connectivity index (χ1) is 37.8. The lowest BCUT2D eigenvalue weighted by Gasteiger charge is -2.32. The molecule has 0 saturated carbocycles. The molecular weight excluding hydrogens is 941 g/mol. The first-order valence-electron chi connectivity index (χ1n) is 30.2. The second-order valence-corrected chi connectivity index (χ2v) is 26.3. The minimum absolute atomic E-state index is 1.02. The van der Waals surface area contributed by atoms with Gasteiger partial charge in [0.25, 0.3) is 0 Å². The largest absolute Gasteiger partial charge is 0.456 e. The van der Waals surface area contributed by atoms with E-state index in [-0.39, 0.29) is 0 Å². The van der Waals surface area contributed by atoms with E-state index in [0.29, 0.717) is 0 Å². The summed E-state index contributed by atoms with van der Waals surface area (Å²) in [6.07, 6.45) is 0. The van der Waals surface area contributed by atoms with Crippen molar-refractivity contribution < 1.29 is 4.42 Å². The molecule has 0 unspecified atom stereocenters. The van der Waals surface area contributed by atoms with Gasteiger partial charge in [0, 0.05) is 16.2 Å². The Bertz CT molecular complexity index is 4850. The molecule has 1 nitrogen and oxygen atoms in total. The van der Waals surface area contributed by atoms with Gasteiger partial charge < -0.3 is 4.42 Å². The molecule has 0 fully saturated rings. The van der Waals surface area contributed by atoms with Crippen molar-refractivity contribution in [2.24, 2.45) is 0 Å². The first kappa shape index (κ1) is 58.0. The van der Waals surface area contributed by atoms with Crippen LogP contribution in [0.15, 0.2) is 4.42 Å². The van der Waals surface area contributed by atoms with Crippen LogP contribution in [0.3, 0.4) is 0 Å². The highest BCUT2D eigenvalue weighted by Crippen LogP contribution is 2.40. The summed E-state index contributed by atoms with van der Waals surface area (Å²) in [7, 11) is 71.5. The predicted molar refractivity (Wildman–Crippen MR) is 463 cm³/mol. The fraction of sp³-hybridized carbons (Fsp3) is 0. The summed E-state index contributed by atoms with van der Waals surface area (Å²) in [5.74, 6) is 0. The summed E-state index contributed by atoms with van der Waals surface area (Å²) in [6, 6.07) is 0. The Kier molecular flexibility index (Phi) is 13.9. The van der Waals surface area contributed by atoms with Crippen molar-refractivity contribution in [3.05, 3.63) is 0 Å². The van der Waals surface area contributed by atoms with E-state index in [1.165, 1.54) is 262 Å². The molecule has 0 atom stereocenters. The number of hydrogen-bond donors (Lipinski definition) is 0. The Morgan fingerprint density at radius 1 is 0.111 bits per heavy atom. The zero-order chi connectivity index (χ0) is 59.6. The van der Waals surface area contributed by atoms with Crippen LogP contribution in [-0.2, 0) is 0 Å². The Hall–Kier alpha value is -4.75. The molecule has 0 bridgehead atoms. The topological polar surface area (TPSA) is 13.1 Å². The maximum atomic E-state index is 7.42. The number of benzene rings is 10. The average molecular weight is 1000 g/mol. The third kappa shape index (κ3) is 7.30. The van der Waals surface area contributed by atoms with E-state index in [2.05, 4.69) is 235 Å². The fourth-order valence-electron chi connectivity index (χ4n) is 16.7. The van der Waals surface area contributed by atoms with Crippen molar-refractivity contribution in [1.29, 1.82) is 0 Å².